The van der Waals surface area contributed by atoms with E-state index >= 15 is 0 Å². The van der Waals surface area contributed by atoms with Gasteiger partial charge in [-0.3, -0.25) is 4.79 Å². The van der Waals surface area contributed by atoms with Gasteiger partial charge in [0, 0.05) is 11.4 Å². The number of hydrogen-bond donors (Lipinski definition) is 2. The summed E-state index contributed by atoms with van der Waals surface area (Å²) in [6.07, 6.45) is 8.95. The van der Waals surface area contributed by atoms with E-state index < -0.39 is 11.4 Å². The maximum Gasteiger partial charge on any atom is 0.315 e. The number of anilines is 1. The zero-order valence-corrected chi connectivity index (χ0v) is 13.1. The first kappa shape index (κ1) is 15.3. The molecule has 2 rings (SSSR count). The number of carbonyl (C=O) groups is 1. The first-order chi connectivity index (χ1) is 9.50. The number of nitrogens with zero attached hydrogens (tertiary/aromatic N) is 1. The van der Waals surface area contributed by atoms with Gasteiger partial charge in [-0.05, 0) is 26.7 Å². The van der Waals surface area contributed by atoms with Crippen LogP contribution in [0.15, 0.2) is 5.38 Å². The van der Waals surface area contributed by atoms with Gasteiger partial charge in [-0.2, -0.15) is 0 Å². The third-order valence-corrected chi connectivity index (χ3v) is 4.89. The van der Waals surface area contributed by atoms with Crippen molar-refractivity contribution in [3.05, 3.63) is 11.1 Å². The SMILES string of the molecule is CC(C)(C(=O)O)c1csc(NC2CCCCCCC2)n1. The standard InChI is InChI=1S/C15H24N2O2S/c1-15(2,13(18)19)12-10-20-14(17-12)16-11-8-6-4-3-5-7-9-11/h10-11H,3-9H2,1-2H3,(H,16,17)(H,18,19). The molecule has 0 amide bonds. The van der Waals surface area contributed by atoms with E-state index in [1.165, 1.54) is 56.3 Å². The third kappa shape index (κ3) is 3.72. The van der Waals surface area contributed by atoms with Crippen LogP contribution in [0, 0.1) is 0 Å². The summed E-state index contributed by atoms with van der Waals surface area (Å²) < 4.78 is 0. The van der Waals surface area contributed by atoms with Crippen molar-refractivity contribution in [2.45, 2.75) is 70.3 Å². The van der Waals surface area contributed by atoms with Crippen molar-refractivity contribution in [1.29, 1.82) is 0 Å². The van der Waals surface area contributed by atoms with Crippen LogP contribution in [0.25, 0.3) is 0 Å². The molecule has 0 unspecified atom stereocenters. The molecule has 0 bridgehead atoms. The van der Waals surface area contributed by atoms with E-state index in [0.29, 0.717) is 11.7 Å². The van der Waals surface area contributed by atoms with Gasteiger partial charge >= 0.3 is 5.97 Å². The Labute approximate surface area is 124 Å². The monoisotopic (exact) mass is 296 g/mol. The lowest BCUT2D eigenvalue weighted by Crippen LogP contribution is -2.29. The molecule has 0 spiro atoms. The van der Waals surface area contributed by atoms with Crippen LogP contribution in [0.3, 0.4) is 0 Å². The summed E-state index contributed by atoms with van der Waals surface area (Å²) in [7, 11) is 0. The fourth-order valence-electron chi connectivity index (χ4n) is 2.51. The van der Waals surface area contributed by atoms with Gasteiger partial charge in [0.2, 0.25) is 0 Å². The average Bonchev–Trinajstić information content (AvgIpc) is 2.81. The molecule has 1 aromatic rings. The number of carboxylic acid groups (broad SMARTS) is 1. The highest BCUT2D eigenvalue weighted by Crippen LogP contribution is 2.29. The highest BCUT2D eigenvalue weighted by molar-refractivity contribution is 7.13. The van der Waals surface area contributed by atoms with Crippen LogP contribution in [0.5, 0.6) is 0 Å². The van der Waals surface area contributed by atoms with Crippen molar-refractivity contribution in [2.24, 2.45) is 0 Å². The van der Waals surface area contributed by atoms with Gasteiger partial charge in [-0.1, -0.05) is 32.1 Å². The highest BCUT2D eigenvalue weighted by Gasteiger charge is 2.32. The quantitative estimate of drug-likeness (QED) is 0.880. The fraction of sp³-hybridized carbons (Fsp3) is 0.733. The molecule has 4 nitrogen and oxygen atoms in total. The number of hydrogen-bond acceptors (Lipinski definition) is 4. The zero-order valence-electron chi connectivity index (χ0n) is 12.3. The molecular weight excluding hydrogens is 272 g/mol. The number of thiazole rings is 1. The minimum absolute atomic E-state index is 0.488. The minimum Gasteiger partial charge on any atom is -0.481 e. The van der Waals surface area contributed by atoms with Gasteiger partial charge in [-0.15, -0.1) is 11.3 Å². The molecule has 0 atom stereocenters. The number of carboxylic acids is 1. The molecule has 5 heteroatoms. The Morgan fingerprint density at radius 2 is 1.90 bits per heavy atom. The molecule has 0 radical (unpaired) electrons. The third-order valence-electron chi connectivity index (χ3n) is 4.11. The van der Waals surface area contributed by atoms with Gasteiger partial charge < -0.3 is 10.4 Å². The predicted molar refractivity (Wildman–Crippen MR) is 82.5 cm³/mol. The largest absolute Gasteiger partial charge is 0.481 e. The van der Waals surface area contributed by atoms with E-state index in [4.69, 9.17) is 0 Å². The Kier molecular flexibility index (Phi) is 5.02. The Morgan fingerprint density at radius 3 is 2.50 bits per heavy atom. The van der Waals surface area contributed by atoms with Crippen molar-refractivity contribution in [1.82, 2.24) is 4.98 Å². The fourth-order valence-corrected chi connectivity index (χ4v) is 3.47. The normalized spacial score (nSPS) is 18.3. The van der Waals surface area contributed by atoms with E-state index in [9.17, 15) is 9.90 Å². The van der Waals surface area contributed by atoms with Crippen molar-refractivity contribution >= 4 is 22.4 Å². The summed E-state index contributed by atoms with van der Waals surface area (Å²) >= 11 is 1.51. The maximum atomic E-state index is 11.2. The lowest BCUT2D eigenvalue weighted by Gasteiger charge is -2.20. The minimum atomic E-state index is -0.919. The van der Waals surface area contributed by atoms with Crippen LogP contribution in [-0.2, 0) is 10.2 Å². The van der Waals surface area contributed by atoms with E-state index in [0.717, 1.165) is 5.13 Å². The summed E-state index contributed by atoms with van der Waals surface area (Å²) in [5.74, 6) is -0.833. The number of aromatic nitrogens is 1. The number of rotatable bonds is 4. The van der Waals surface area contributed by atoms with Crippen LogP contribution >= 0.6 is 11.3 Å². The molecule has 1 aliphatic rings. The molecular formula is C15H24N2O2S. The van der Waals surface area contributed by atoms with Gasteiger partial charge in [-0.25, -0.2) is 4.98 Å². The summed E-state index contributed by atoms with van der Waals surface area (Å²) in [5.41, 5.74) is -0.277. The second kappa shape index (κ2) is 6.57. The Morgan fingerprint density at radius 1 is 1.30 bits per heavy atom. The zero-order chi connectivity index (χ0) is 14.6. The second-order valence-corrected chi connectivity index (χ2v) is 7.01. The second-order valence-electron chi connectivity index (χ2n) is 6.15. The number of aliphatic carboxylic acids is 1. The Hall–Kier alpha value is -1.10. The first-order valence-corrected chi connectivity index (χ1v) is 8.34. The molecule has 0 aliphatic heterocycles. The molecule has 0 aromatic carbocycles. The van der Waals surface area contributed by atoms with Gasteiger partial charge in [0.25, 0.3) is 0 Å². The lowest BCUT2D eigenvalue weighted by atomic mass is 9.90. The van der Waals surface area contributed by atoms with Gasteiger partial charge in [0.05, 0.1) is 5.69 Å². The molecule has 1 heterocycles. The molecule has 112 valence electrons. The molecule has 2 N–H and O–H groups in total. The van der Waals surface area contributed by atoms with E-state index in [1.54, 1.807) is 13.8 Å². The molecule has 1 aromatic heterocycles. The molecule has 0 saturated heterocycles. The van der Waals surface area contributed by atoms with E-state index in [-0.39, 0.29) is 0 Å². The topological polar surface area (TPSA) is 62.2 Å². The lowest BCUT2D eigenvalue weighted by molar-refractivity contribution is -0.142. The van der Waals surface area contributed by atoms with Crippen LogP contribution in [0.1, 0.15) is 64.5 Å². The van der Waals surface area contributed by atoms with Crippen molar-refractivity contribution in [3.8, 4) is 0 Å². The van der Waals surface area contributed by atoms with Gasteiger partial charge in [0.1, 0.15) is 5.41 Å². The summed E-state index contributed by atoms with van der Waals surface area (Å²) in [4.78, 5) is 15.7. The van der Waals surface area contributed by atoms with Gasteiger partial charge in [0.15, 0.2) is 5.13 Å². The molecule has 1 saturated carbocycles. The van der Waals surface area contributed by atoms with Crippen molar-refractivity contribution < 1.29 is 9.90 Å². The van der Waals surface area contributed by atoms with Crippen LogP contribution in [-0.4, -0.2) is 22.1 Å². The first-order valence-electron chi connectivity index (χ1n) is 7.46. The Bertz CT molecular complexity index is 448. The summed E-state index contributed by atoms with van der Waals surface area (Å²) in [5, 5.41) is 15.5. The van der Waals surface area contributed by atoms with Crippen LogP contribution in [0.2, 0.25) is 0 Å². The average molecular weight is 296 g/mol. The number of nitrogens with one attached hydrogen (secondary N) is 1. The predicted octanol–water partition coefficient (Wildman–Crippen LogP) is 4.03. The van der Waals surface area contributed by atoms with Crippen LogP contribution in [0.4, 0.5) is 5.13 Å². The maximum absolute atomic E-state index is 11.2. The molecule has 1 aliphatic carbocycles. The highest BCUT2D eigenvalue weighted by atomic mass is 32.1. The Balaban J connectivity index is 2.00. The van der Waals surface area contributed by atoms with Crippen LogP contribution < -0.4 is 5.32 Å². The molecule has 20 heavy (non-hydrogen) atoms. The van der Waals surface area contributed by atoms with E-state index in [1.807, 2.05) is 5.38 Å². The van der Waals surface area contributed by atoms with E-state index in [2.05, 4.69) is 10.3 Å². The summed E-state index contributed by atoms with van der Waals surface area (Å²) in [6, 6.07) is 0.488. The smallest absolute Gasteiger partial charge is 0.315 e. The van der Waals surface area contributed by atoms with Crippen molar-refractivity contribution in [2.75, 3.05) is 5.32 Å². The summed E-state index contributed by atoms with van der Waals surface area (Å²) in [6.45, 7) is 3.40. The molecule has 1 fully saturated rings. The van der Waals surface area contributed by atoms with Crippen molar-refractivity contribution in [3.63, 3.8) is 0 Å².